The van der Waals surface area contributed by atoms with Crippen LogP contribution in [0, 0.1) is 13.8 Å². The summed E-state index contributed by atoms with van der Waals surface area (Å²) in [6.07, 6.45) is -0.678. The number of methoxy groups -OCH3 is 1. The molecule has 0 aliphatic carbocycles. The molecular formula is C16H17ClO2. The third-order valence-corrected chi connectivity index (χ3v) is 3.63. The molecule has 0 spiro atoms. The van der Waals surface area contributed by atoms with Gasteiger partial charge in [-0.15, -0.1) is 0 Å². The maximum absolute atomic E-state index is 10.4. The predicted octanol–water partition coefficient (Wildman–Crippen LogP) is 4.05. The lowest BCUT2D eigenvalue weighted by Gasteiger charge is -2.14. The van der Waals surface area contributed by atoms with Crippen LogP contribution < -0.4 is 4.74 Å². The highest BCUT2D eigenvalue weighted by atomic mass is 35.5. The van der Waals surface area contributed by atoms with Gasteiger partial charge in [0.05, 0.1) is 12.1 Å². The molecule has 0 amide bonds. The topological polar surface area (TPSA) is 29.5 Å². The number of halogens is 1. The van der Waals surface area contributed by atoms with Crippen LogP contribution in [0.15, 0.2) is 36.4 Å². The molecule has 2 nitrogen and oxygen atoms in total. The quantitative estimate of drug-likeness (QED) is 0.916. The number of benzene rings is 2. The molecule has 100 valence electrons. The van der Waals surface area contributed by atoms with Gasteiger partial charge in [0, 0.05) is 0 Å². The van der Waals surface area contributed by atoms with Crippen LogP contribution in [0.5, 0.6) is 5.75 Å². The van der Waals surface area contributed by atoms with Crippen LogP contribution in [-0.4, -0.2) is 12.2 Å². The van der Waals surface area contributed by atoms with E-state index in [1.54, 1.807) is 19.2 Å². The minimum absolute atomic E-state index is 0.503. The van der Waals surface area contributed by atoms with E-state index in [1.165, 1.54) is 5.56 Å². The Kier molecular flexibility index (Phi) is 4.13. The van der Waals surface area contributed by atoms with Gasteiger partial charge in [0.1, 0.15) is 11.9 Å². The van der Waals surface area contributed by atoms with Gasteiger partial charge in [0.15, 0.2) is 0 Å². The fourth-order valence-corrected chi connectivity index (χ4v) is 2.25. The molecule has 1 N–H and O–H groups in total. The lowest BCUT2D eigenvalue weighted by molar-refractivity contribution is 0.220. The molecule has 0 saturated carbocycles. The summed E-state index contributed by atoms with van der Waals surface area (Å²) in [5, 5.41) is 10.9. The van der Waals surface area contributed by atoms with Crippen LogP contribution in [0.25, 0.3) is 0 Å². The zero-order valence-corrected chi connectivity index (χ0v) is 12.0. The zero-order valence-electron chi connectivity index (χ0n) is 11.3. The Labute approximate surface area is 118 Å². The number of rotatable bonds is 3. The number of aliphatic hydroxyl groups excluding tert-OH is 1. The van der Waals surface area contributed by atoms with Gasteiger partial charge in [-0.25, -0.2) is 0 Å². The van der Waals surface area contributed by atoms with Crippen LogP contribution in [-0.2, 0) is 0 Å². The van der Waals surface area contributed by atoms with Gasteiger partial charge in [-0.2, -0.15) is 0 Å². The minimum Gasteiger partial charge on any atom is -0.495 e. The SMILES string of the molecule is COc1ccc(C(O)c2ccc(C)c(C)c2)cc1Cl. The molecule has 0 aliphatic rings. The fraction of sp³-hybridized carbons (Fsp3) is 0.250. The Morgan fingerprint density at radius 3 is 2.21 bits per heavy atom. The summed E-state index contributed by atoms with van der Waals surface area (Å²) in [4.78, 5) is 0. The molecule has 2 aromatic rings. The van der Waals surface area contributed by atoms with Crippen LogP contribution >= 0.6 is 11.6 Å². The molecule has 0 radical (unpaired) electrons. The van der Waals surface area contributed by atoms with Crippen molar-refractivity contribution in [3.05, 3.63) is 63.7 Å². The third kappa shape index (κ3) is 2.91. The largest absolute Gasteiger partial charge is 0.495 e. The molecule has 0 aromatic heterocycles. The molecule has 0 aliphatic heterocycles. The first-order valence-corrected chi connectivity index (χ1v) is 6.49. The van der Waals surface area contributed by atoms with Gasteiger partial charge >= 0.3 is 0 Å². The minimum atomic E-state index is -0.678. The van der Waals surface area contributed by atoms with Crippen molar-refractivity contribution < 1.29 is 9.84 Å². The summed E-state index contributed by atoms with van der Waals surface area (Å²) in [6, 6.07) is 11.3. The van der Waals surface area contributed by atoms with Crippen LogP contribution in [0.3, 0.4) is 0 Å². The molecule has 2 rings (SSSR count). The van der Waals surface area contributed by atoms with Crippen LogP contribution in [0.2, 0.25) is 5.02 Å². The third-order valence-electron chi connectivity index (χ3n) is 3.34. The number of hydrogen-bond donors (Lipinski definition) is 1. The van der Waals surface area contributed by atoms with Crippen LogP contribution in [0.4, 0.5) is 0 Å². The van der Waals surface area contributed by atoms with Crippen molar-refractivity contribution in [2.45, 2.75) is 20.0 Å². The first kappa shape index (κ1) is 13.9. The molecule has 0 saturated heterocycles. The monoisotopic (exact) mass is 276 g/mol. The lowest BCUT2D eigenvalue weighted by atomic mass is 9.98. The molecule has 1 atom stereocenters. The first-order valence-electron chi connectivity index (χ1n) is 6.11. The van der Waals surface area contributed by atoms with E-state index in [4.69, 9.17) is 16.3 Å². The summed E-state index contributed by atoms with van der Waals surface area (Å²) in [7, 11) is 1.57. The Balaban J connectivity index is 2.35. The van der Waals surface area contributed by atoms with Crippen molar-refractivity contribution in [2.24, 2.45) is 0 Å². The van der Waals surface area contributed by atoms with Gasteiger partial charge in [-0.1, -0.05) is 35.9 Å². The molecular weight excluding hydrogens is 260 g/mol. The molecule has 19 heavy (non-hydrogen) atoms. The summed E-state index contributed by atoms with van der Waals surface area (Å²) >= 11 is 6.08. The van der Waals surface area contributed by atoms with Gasteiger partial charge < -0.3 is 9.84 Å². The Morgan fingerprint density at radius 2 is 1.63 bits per heavy atom. The van der Waals surface area contributed by atoms with Gasteiger partial charge in [-0.3, -0.25) is 0 Å². The number of aryl methyl sites for hydroxylation is 2. The van der Waals surface area contributed by atoms with Gasteiger partial charge in [0.2, 0.25) is 0 Å². The van der Waals surface area contributed by atoms with E-state index in [0.29, 0.717) is 10.8 Å². The average molecular weight is 277 g/mol. The Bertz CT molecular complexity index is 593. The zero-order chi connectivity index (χ0) is 14.0. The van der Waals surface area contributed by atoms with Crippen molar-refractivity contribution in [1.82, 2.24) is 0 Å². The second kappa shape index (κ2) is 5.64. The van der Waals surface area contributed by atoms with E-state index < -0.39 is 6.10 Å². The fourth-order valence-electron chi connectivity index (χ4n) is 1.98. The highest BCUT2D eigenvalue weighted by Crippen LogP contribution is 2.30. The number of hydrogen-bond acceptors (Lipinski definition) is 2. The summed E-state index contributed by atoms with van der Waals surface area (Å²) in [6.45, 7) is 4.09. The number of ether oxygens (including phenoxy) is 1. The Morgan fingerprint density at radius 1 is 1.00 bits per heavy atom. The maximum Gasteiger partial charge on any atom is 0.137 e. The molecule has 0 fully saturated rings. The van der Waals surface area contributed by atoms with E-state index in [1.807, 2.05) is 31.2 Å². The normalized spacial score (nSPS) is 12.3. The van der Waals surface area contributed by atoms with Gasteiger partial charge in [-0.05, 0) is 48.2 Å². The first-order chi connectivity index (χ1) is 9.02. The predicted molar refractivity (Wildman–Crippen MR) is 78.0 cm³/mol. The smallest absolute Gasteiger partial charge is 0.137 e. The maximum atomic E-state index is 10.4. The molecule has 2 aromatic carbocycles. The number of aliphatic hydroxyl groups is 1. The lowest BCUT2D eigenvalue weighted by Crippen LogP contribution is -2.01. The highest BCUT2D eigenvalue weighted by molar-refractivity contribution is 6.32. The molecule has 0 heterocycles. The van der Waals surface area contributed by atoms with Crippen molar-refractivity contribution in [3.8, 4) is 5.75 Å². The highest BCUT2D eigenvalue weighted by Gasteiger charge is 2.13. The van der Waals surface area contributed by atoms with Crippen molar-refractivity contribution in [3.63, 3.8) is 0 Å². The van der Waals surface area contributed by atoms with Gasteiger partial charge in [0.25, 0.3) is 0 Å². The van der Waals surface area contributed by atoms with E-state index in [-0.39, 0.29) is 0 Å². The molecule has 3 heteroatoms. The van der Waals surface area contributed by atoms with E-state index in [9.17, 15) is 5.11 Å². The summed E-state index contributed by atoms with van der Waals surface area (Å²) < 4.78 is 5.11. The van der Waals surface area contributed by atoms with E-state index >= 15 is 0 Å². The van der Waals surface area contributed by atoms with E-state index in [2.05, 4.69) is 6.92 Å². The van der Waals surface area contributed by atoms with E-state index in [0.717, 1.165) is 16.7 Å². The second-order valence-corrected chi connectivity index (χ2v) is 5.05. The molecule has 0 bridgehead atoms. The van der Waals surface area contributed by atoms with Crippen molar-refractivity contribution in [2.75, 3.05) is 7.11 Å². The van der Waals surface area contributed by atoms with Crippen molar-refractivity contribution in [1.29, 1.82) is 0 Å². The average Bonchev–Trinajstić information content (AvgIpc) is 2.41. The van der Waals surface area contributed by atoms with Crippen molar-refractivity contribution >= 4 is 11.6 Å². The standard InChI is InChI=1S/C16H17ClO2/c1-10-4-5-12(8-11(10)2)16(18)13-6-7-15(19-3)14(17)9-13/h4-9,16,18H,1-3H3. The molecule has 1 unspecified atom stereocenters. The second-order valence-electron chi connectivity index (χ2n) is 4.64. The summed E-state index contributed by atoms with van der Waals surface area (Å²) in [5.41, 5.74) is 4.00. The Hall–Kier alpha value is -1.51. The van der Waals surface area contributed by atoms with Crippen LogP contribution in [0.1, 0.15) is 28.4 Å². The summed E-state index contributed by atoms with van der Waals surface area (Å²) in [5.74, 6) is 0.609.